The topological polar surface area (TPSA) is 77.8 Å². The molecular weight excluding hydrogens is 286 g/mol. The number of carbonyl (C=O) groups excluding carboxylic acids is 1. The van der Waals surface area contributed by atoms with Gasteiger partial charge in [-0.2, -0.15) is 5.26 Å². The molecule has 1 aromatic carbocycles. The van der Waals surface area contributed by atoms with Crippen LogP contribution in [0.5, 0.6) is 0 Å². The first-order chi connectivity index (χ1) is 10.6. The number of hydrogen-bond acceptors (Lipinski definition) is 6. The fraction of sp³-hybridized carbons (Fsp3) is 0.500. The summed E-state index contributed by atoms with van der Waals surface area (Å²) in [6.07, 6.45) is -2.19. The molecule has 0 unspecified atom stereocenters. The van der Waals surface area contributed by atoms with E-state index in [1.54, 1.807) is 13.8 Å². The van der Waals surface area contributed by atoms with Crippen molar-refractivity contribution in [3.63, 3.8) is 0 Å². The second-order valence-corrected chi connectivity index (χ2v) is 5.42. The third-order valence-electron chi connectivity index (χ3n) is 3.25. The Kier molecular flexibility index (Phi) is 5.50. The summed E-state index contributed by atoms with van der Waals surface area (Å²) in [5.41, 5.74) is 1.01. The molecule has 3 atom stereocenters. The van der Waals surface area contributed by atoms with Crippen LogP contribution < -0.4 is 0 Å². The van der Waals surface area contributed by atoms with Gasteiger partial charge >= 0.3 is 0 Å². The van der Waals surface area contributed by atoms with E-state index >= 15 is 0 Å². The molecule has 0 bridgehead atoms. The van der Waals surface area contributed by atoms with Crippen molar-refractivity contribution >= 4 is 6.47 Å². The SMILES string of the molecule is CC1(C)O[C@@H]([C@@H](COCc2ccccc2)OC=O)[C@@H](C#N)O1. The highest BCUT2D eigenvalue weighted by Gasteiger charge is 2.46. The predicted molar refractivity (Wildman–Crippen MR) is 76.5 cm³/mol. The predicted octanol–water partition coefficient (Wildman–Crippen LogP) is 1.79. The van der Waals surface area contributed by atoms with Crippen LogP contribution in [0, 0.1) is 11.3 Å². The van der Waals surface area contributed by atoms with Gasteiger partial charge in [0.1, 0.15) is 6.10 Å². The van der Waals surface area contributed by atoms with E-state index in [4.69, 9.17) is 24.2 Å². The lowest BCUT2D eigenvalue weighted by molar-refractivity contribution is -0.169. The average molecular weight is 305 g/mol. The first-order valence-electron chi connectivity index (χ1n) is 7.02. The van der Waals surface area contributed by atoms with Gasteiger partial charge in [-0.15, -0.1) is 0 Å². The summed E-state index contributed by atoms with van der Waals surface area (Å²) in [4.78, 5) is 10.7. The molecular formula is C16H19NO5. The summed E-state index contributed by atoms with van der Waals surface area (Å²) < 4.78 is 21.7. The van der Waals surface area contributed by atoms with E-state index < -0.39 is 24.1 Å². The Morgan fingerprint density at radius 3 is 2.73 bits per heavy atom. The summed E-state index contributed by atoms with van der Waals surface area (Å²) in [5.74, 6) is -0.894. The van der Waals surface area contributed by atoms with Gasteiger partial charge in [-0.05, 0) is 19.4 Å². The van der Waals surface area contributed by atoms with E-state index in [9.17, 15) is 4.79 Å². The average Bonchev–Trinajstić information content (AvgIpc) is 2.82. The minimum atomic E-state index is -0.894. The molecule has 0 N–H and O–H groups in total. The van der Waals surface area contributed by atoms with Crippen LogP contribution in [0.2, 0.25) is 0 Å². The first kappa shape index (κ1) is 16.4. The van der Waals surface area contributed by atoms with Gasteiger partial charge < -0.3 is 18.9 Å². The molecule has 1 aliphatic heterocycles. The Labute approximate surface area is 129 Å². The van der Waals surface area contributed by atoms with Crippen molar-refractivity contribution in [1.29, 1.82) is 5.26 Å². The fourth-order valence-corrected chi connectivity index (χ4v) is 2.31. The highest BCUT2D eigenvalue weighted by Crippen LogP contribution is 2.30. The molecule has 1 aliphatic rings. The number of benzene rings is 1. The normalized spacial score (nSPS) is 24.4. The van der Waals surface area contributed by atoms with Crippen molar-refractivity contribution in [2.45, 2.75) is 44.6 Å². The zero-order chi connectivity index (χ0) is 16.0. The maximum atomic E-state index is 10.7. The van der Waals surface area contributed by atoms with Gasteiger partial charge in [0.2, 0.25) is 0 Å². The maximum Gasteiger partial charge on any atom is 0.293 e. The van der Waals surface area contributed by atoms with Crippen LogP contribution in [0.4, 0.5) is 0 Å². The Morgan fingerprint density at radius 2 is 2.09 bits per heavy atom. The maximum absolute atomic E-state index is 10.7. The third kappa shape index (κ3) is 4.28. The van der Waals surface area contributed by atoms with Crippen LogP contribution in [0.3, 0.4) is 0 Å². The number of hydrogen-bond donors (Lipinski definition) is 0. The van der Waals surface area contributed by atoms with E-state index in [0.29, 0.717) is 13.1 Å². The molecule has 0 radical (unpaired) electrons. The van der Waals surface area contributed by atoms with Crippen LogP contribution >= 0.6 is 0 Å². The number of nitriles is 1. The molecule has 0 aromatic heterocycles. The quantitative estimate of drug-likeness (QED) is 0.715. The van der Waals surface area contributed by atoms with Crippen molar-refractivity contribution < 1.29 is 23.7 Å². The Morgan fingerprint density at radius 1 is 1.36 bits per heavy atom. The number of ether oxygens (including phenoxy) is 4. The molecule has 0 aliphatic carbocycles. The van der Waals surface area contributed by atoms with Crippen molar-refractivity contribution in [3.05, 3.63) is 35.9 Å². The molecule has 22 heavy (non-hydrogen) atoms. The molecule has 6 nitrogen and oxygen atoms in total. The molecule has 1 aromatic rings. The Bertz CT molecular complexity index is 525. The first-order valence-corrected chi connectivity index (χ1v) is 7.02. The van der Waals surface area contributed by atoms with E-state index in [1.165, 1.54) is 0 Å². The highest BCUT2D eigenvalue weighted by atomic mass is 16.8. The van der Waals surface area contributed by atoms with Crippen LogP contribution in [0.1, 0.15) is 19.4 Å². The summed E-state index contributed by atoms with van der Waals surface area (Å²) in [6, 6.07) is 11.6. The molecule has 2 rings (SSSR count). The van der Waals surface area contributed by atoms with Gasteiger partial charge in [0.25, 0.3) is 6.47 Å². The number of nitrogens with zero attached hydrogens (tertiary/aromatic N) is 1. The van der Waals surface area contributed by atoms with Crippen molar-refractivity contribution in [2.24, 2.45) is 0 Å². The van der Waals surface area contributed by atoms with Gasteiger partial charge in [-0.3, -0.25) is 4.79 Å². The monoisotopic (exact) mass is 305 g/mol. The molecule has 0 saturated carbocycles. The lowest BCUT2D eigenvalue weighted by Crippen LogP contribution is -2.40. The Hall–Kier alpha value is -1.94. The standard InChI is InChI=1S/C16H19NO5/c1-16(2)21-13(8-17)15(22-16)14(20-11-18)10-19-9-12-6-4-3-5-7-12/h3-7,11,13-15H,9-10H2,1-2H3/t13-,14-,15-/m1/s1. The zero-order valence-electron chi connectivity index (χ0n) is 12.6. The van der Waals surface area contributed by atoms with E-state index in [1.807, 2.05) is 36.4 Å². The van der Waals surface area contributed by atoms with E-state index in [0.717, 1.165) is 5.56 Å². The van der Waals surface area contributed by atoms with Gasteiger partial charge in [-0.25, -0.2) is 0 Å². The molecule has 0 spiro atoms. The zero-order valence-corrected chi connectivity index (χ0v) is 12.6. The molecule has 6 heteroatoms. The van der Waals surface area contributed by atoms with Crippen molar-refractivity contribution in [3.8, 4) is 6.07 Å². The number of carbonyl (C=O) groups is 1. The Balaban J connectivity index is 1.94. The number of rotatable bonds is 7. The highest BCUT2D eigenvalue weighted by molar-refractivity contribution is 5.37. The van der Waals surface area contributed by atoms with Gasteiger partial charge in [0.05, 0.1) is 19.3 Å². The molecule has 1 heterocycles. The van der Waals surface area contributed by atoms with Crippen molar-refractivity contribution in [1.82, 2.24) is 0 Å². The summed E-state index contributed by atoms with van der Waals surface area (Å²) in [5, 5.41) is 9.15. The summed E-state index contributed by atoms with van der Waals surface area (Å²) >= 11 is 0. The molecule has 1 fully saturated rings. The summed E-state index contributed by atoms with van der Waals surface area (Å²) in [7, 11) is 0. The van der Waals surface area contributed by atoms with Crippen LogP contribution in [0.25, 0.3) is 0 Å². The second-order valence-electron chi connectivity index (χ2n) is 5.42. The lowest BCUT2D eigenvalue weighted by atomic mass is 10.1. The third-order valence-corrected chi connectivity index (χ3v) is 3.25. The second kappa shape index (κ2) is 7.36. The minimum absolute atomic E-state index is 0.121. The minimum Gasteiger partial charge on any atom is -0.459 e. The lowest BCUT2D eigenvalue weighted by Gasteiger charge is -2.23. The summed E-state index contributed by atoms with van der Waals surface area (Å²) in [6.45, 7) is 4.25. The van der Waals surface area contributed by atoms with Crippen LogP contribution in [-0.2, 0) is 30.3 Å². The van der Waals surface area contributed by atoms with Gasteiger partial charge in [-0.1, -0.05) is 30.3 Å². The fourth-order valence-electron chi connectivity index (χ4n) is 2.31. The van der Waals surface area contributed by atoms with E-state index in [-0.39, 0.29) is 6.61 Å². The molecule has 1 saturated heterocycles. The molecule has 118 valence electrons. The van der Waals surface area contributed by atoms with Crippen LogP contribution in [0.15, 0.2) is 30.3 Å². The van der Waals surface area contributed by atoms with Crippen molar-refractivity contribution in [2.75, 3.05) is 6.61 Å². The smallest absolute Gasteiger partial charge is 0.293 e. The van der Waals surface area contributed by atoms with Gasteiger partial charge in [0.15, 0.2) is 18.0 Å². The molecule has 0 amide bonds. The van der Waals surface area contributed by atoms with E-state index in [2.05, 4.69) is 0 Å². The largest absolute Gasteiger partial charge is 0.459 e. The van der Waals surface area contributed by atoms with Crippen LogP contribution in [-0.4, -0.2) is 37.2 Å². The van der Waals surface area contributed by atoms with Gasteiger partial charge in [0, 0.05) is 0 Å².